The van der Waals surface area contributed by atoms with Gasteiger partial charge in [-0.05, 0) is 12.8 Å². The lowest BCUT2D eigenvalue weighted by molar-refractivity contribution is -0.150. The summed E-state index contributed by atoms with van der Waals surface area (Å²) in [5.41, 5.74) is 0. The number of carbonyl (C=O) groups is 3. The summed E-state index contributed by atoms with van der Waals surface area (Å²) in [6.07, 6.45) is 1.34. The summed E-state index contributed by atoms with van der Waals surface area (Å²) >= 11 is 0. The van der Waals surface area contributed by atoms with Gasteiger partial charge in [0, 0.05) is 19.9 Å². The summed E-state index contributed by atoms with van der Waals surface area (Å²) in [4.78, 5) is 32.8. The van der Waals surface area contributed by atoms with Gasteiger partial charge in [-0.25, -0.2) is 4.79 Å². The maximum Gasteiger partial charge on any atom is 0.336 e. The number of hydrogen-bond acceptors (Lipinski definition) is 5. The second-order valence-electron chi connectivity index (χ2n) is 4.14. The third-order valence-corrected chi connectivity index (χ3v) is 2.42. The largest absolute Gasteiger partial charge is 0.467 e. The van der Waals surface area contributed by atoms with E-state index in [1.807, 2.05) is 0 Å². The zero-order valence-electron chi connectivity index (χ0n) is 11.4. The van der Waals surface area contributed by atoms with Crippen molar-refractivity contribution in [3.63, 3.8) is 0 Å². The van der Waals surface area contributed by atoms with Crippen LogP contribution in [0.4, 0.5) is 0 Å². The first-order valence-corrected chi connectivity index (χ1v) is 6.24. The summed E-state index contributed by atoms with van der Waals surface area (Å²) in [7, 11) is 1.17. The van der Waals surface area contributed by atoms with Gasteiger partial charge in [0.05, 0.1) is 13.7 Å². The quantitative estimate of drug-likeness (QED) is 0.382. The number of ether oxygens (including phenoxy) is 1. The highest BCUT2D eigenvalue weighted by atomic mass is 16.5. The van der Waals surface area contributed by atoms with E-state index in [-0.39, 0.29) is 18.4 Å². The molecule has 0 saturated heterocycles. The summed E-state index contributed by atoms with van der Waals surface area (Å²) in [5.74, 6) is -1.05. The lowest BCUT2D eigenvalue weighted by Crippen LogP contribution is -2.37. The molecule has 0 rings (SSSR count). The molecule has 19 heavy (non-hydrogen) atoms. The maximum atomic E-state index is 11.4. The number of amides is 2. The second kappa shape index (κ2) is 10.3. The van der Waals surface area contributed by atoms with Crippen LogP contribution in [0.25, 0.3) is 0 Å². The molecule has 1 unspecified atom stereocenters. The van der Waals surface area contributed by atoms with Gasteiger partial charge in [0.15, 0.2) is 6.10 Å². The van der Waals surface area contributed by atoms with Crippen LogP contribution < -0.4 is 10.6 Å². The van der Waals surface area contributed by atoms with E-state index in [4.69, 9.17) is 0 Å². The molecule has 0 bridgehead atoms. The molecule has 0 heterocycles. The van der Waals surface area contributed by atoms with Gasteiger partial charge >= 0.3 is 5.97 Å². The average molecular weight is 274 g/mol. The Hall–Kier alpha value is -1.63. The van der Waals surface area contributed by atoms with Crippen LogP contribution in [0.1, 0.15) is 32.6 Å². The second-order valence-corrected chi connectivity index (χ2v) is 4.14. The molecule has 110 valence electrons. The first kappa shape index (κ1) is 17.4. The fourth-order valence-electron chi connectivity index (χ4n) is 1.37. The maximum absolute atomic E-state index is 11.4. The van der Waals surface area contributed by atoms with Crippen molar-refractivity contribution in [2.24, 2.45) is 0 Å². The zero-order chi connectivity index (χ0) is 14.7. The van der Waals surface area contributed by atoms with Gasteiger partial charge in [0.25, 0.3) is 0 Å². The van der Waals surface area contributed by atoms with Gasteiger partial charge < -0.3 is 20.5 Å². The summed E-state index contributed by atoms with van der Waals surface area (Å²) in [6, 6.07) is 0. The number of aliphatic hydroxyl groups excluding tert-OH is 1. The van der Waals surface area contributed by atoms with Gasteiger partial charge in [0.1, 0.15) is 0 Å². The molecule has 0 aromatic heterocycles. The Balaban J connectivity index is 3.49. The van der Waals surface area contributed by atoms with Crippen molar-refractivity contribution in [2.45, 2.75) is 38.7 Å². The summed E-state index contributed by atoms with van der Waals surface area (Å²) in [5, 5.41) is 14.3. The molecule has 0 spiro atoms. The minimum Gasteiger partial charge on any atom is -0.467 e. The van der Waals surface area contributed by atoms with Gasteiger partial charge in [-0.1, -0.05) is 6.42 Å². The minimum atomic E-state index is -1.33. The van der Waals surface area contributed by atoms with E-state index in [1.54, 1.807) is 0 Å². The number of esters is 1. The fourth-order valence-corrected chi connectivity index (χ4v) is 1.37. The normalized spacial score (nSPS) is 11.5. The lowest BCUT2D eigenvalue weighted by atomic mass is 10.2. The Morgan fingerprint density at radius 3 is 2.42 bits per heavy atom. The first-order valence-electron chi connectivity index (χ1n) is 6.24. The molecule has 0 fully saturated rings. The monoisotopic (exact) mass is 274 g/mol. The predicted octanol–water partition coefficient (Wildman–Crippen LogP) is -0.667. The van der Waals surface area contributed by atoms with Crippen molar-refractivity contribution < 1.29 is 24.2 Å². The van der Waals surface area contributed by atoms with Crippen LogP contribution in [-0.2, 0) is 19.1 Å². The molecule has 3 N–H and O–H groups in total. The Morgan fingerprint density at radius 1 is 1.16 bits per heavy atom. The average Bonchev–Trinajstić information content (AvgIpc) is 2.38. The number of aliphatic hydroxyl groups is 1. The number of methoxy groups -OCH3 is 1. The molecule has 0 aliphatic heterocycles. The van der Waals surface area contributed by atoms with Crippen molar-refractivity contribution in [1.29, 1.82) is 0 Å². The fraction of sp³-hybridized carbons (Fsp3) is 0.750. The molecule has 7 heteroatoms. The van der Waals surface area contributed by atoms with E-state index < -0.39 is 12.1 Å². The van der Waals surface area contributed by atoms with Crippen molar-refractivity contribution in [2.75, 3.05) is 20.2 Å². The van der Waals surface area contributed by atoms with Crippen molar-refractivity contribution >= 4 is 17.8 Å². The summed E-state index contributed by atoms with van der Waals surface area (Å²) < 4.78 is 4.31. The Labute approximate surface area is 112 Å². The van der Waals surface area contributed by atoms with Crippen molar-refractivity contribution in [1.82, 2.24) is 10.6 Å². The molecular formula is C12H22N2O5. The van der Waals surface area contributed by atoms with E-state index in [1.165, 1.54) is 14.0 Å². The molecule has 0 aromatic rings. The molecule has 1 atom stereocenters. The van der Waals surface area contributed by atoms with Crippen LogP contribution in [0.15, 0.2) is 0 Å². The predicted molar refractivity (Wildman–Crippen MR) is 68.2 cm³/mol. The van der Waals surface area contributed by atoms with Crippen LogP contribution in [0, 0.1) is 0 Å². The van der Waals surface area contributed by atoms with E-state index in [0.29, 0.717) is 19.4 Å². The number of carbonyl (C=O) groups excluding carboxylic acids is 3. The van der Waals surface area contributed by atoms with E-state index in [2.05, 4.69) is 15.4 Å². The number of unbranched alkanes of at least 4 members (excludes halogenated alkanes) is 2. The van der Waals surface area contributed by atoms with E-state index in [0.717, 1.165) is 12.8 Å². The molecule has 0 radical (unpaired) electrons. The molecule has 7 nitrogen and oxygen atoms in total. The van der Waals surface area contributed by atoms with E-state index >= 15 is 0 Å². The van der Waals surface area contributed by atoms with Crippen molar-refractivity contribution in [3.8, 4) is 0 Å². The van der Waals surface area contributed by atoms with Crippen LogP contribution in [0.3, 0.4) is 0 Å². The third kappa shape index (κ3) is 10.0. The molecule has 0 aromatic carbocycles. The Morgan fingerprint density at radius 2 is 1.84 bits per heavy atom. The van der Waals surface area contributed by atoms with Crippen LogP contribution in [-0.4, -0.2) is 49.2 Å². The van der Waals surface area contributed by atoms with Gasteiger partial charge in [-0.2, -0.15) is 0 Å². The van der Waals surface area contributed by atoms with Gasteiger partial charge in [-0.15, -0.1) is 0 Å². The lowest BCUT2D eigenvalue weighted by Gasteiger charge is -2.09. The zero-order valence-corrected chi connectivity index (χ0v) is 11.4. The molecule has 0 saturated carbocycles. The van der Waals surface area contributed by atoms with Crippen molar-refractivity contribution in [3.05, 3.63) is 0 Å². The summed E-state index contributed by atoms with van der Waals surface area (Å²) in [6.45, 7) is 1.93. The number of nitrogens with one attached hydrogen (secondary N) is 2. The SMILES string of the molecule is COC(=O)C(O)CNC(=O)CCCCCNC(C)=O. The van der Waals surface area contributed by atoms with Crippen LogP contribution in [0.2, 0.25) is 0 Å². The highest BCUT2D eigenvalue weighted by molar-refractivity contribution is 5.78. The Bertz CT molecular complexity index is 306. The molecular weight excluding hydrogens is 252 g/mol. The van der Waals surface area contributed by atoms with Crippen LogP contribution >= 0.6 is 0 Å². The number of rotatable bonds is 9. The van der Waals surface area contributed by atoms with E-state index in [9.17, 15) is 19.5 Å². The molecule has 0 aliphatic rings. The Kier molecular flexibility index (Phi) is 9.42. The minimum absolute atomic E-state index is 0.0606. The van der Waals surface area contributed by atoms with Crippen LogP contribution in [0.5, 0.6) is 0 Å². The first-order chi connectivity index (χ1) is 8.97. The highest BCUT2D eigenvalue weighted by Crippen LogP contribution is 1.99. The third-order valence-electron chi connectivity index (χ3n) is 2.42. The van der Waals surface area contributed by atoms with Gasteiger partial charge in [-0.3, -0.25) is 9.59 Å². The standard InChI is InChI=1S/C12H22N2O5/c1-9(15)13-7-5-3-4-6-11(17)14-8-10(16)12(18)19-2/h10,16H,3-8H2,1-2H3,(H,13,15)(H,14,17). The number of hydrogen-bond donors (Lipinski definition) is 3. The highest BCUT2D eigenvalue weighted by Gasteiger charge is 2.15. The molecule has 0 aliphatic carbocycles. The van der Waals surface area contributed by atoms with Gasteiger partial charge in [0.2, 0.25) is 11.8 Å². The molecule has 2 amide bonds. The topological polar surface area (TPSA) is 105 Å². The smallest absolute Gasteiger partial charge is 0.336 e.